The summed E-state index contributed by atoms with van der Waals surface area (Å²) in [5.74, 6) is -1.71. The molecule has 2 aromatic rings. The molecular weight excluding hydrogens is 239 g/mol. The Morgan fingerprint density at radius 1 is 1.50 bits per heavy atom. The maximum absolute atomic E-state index is 13.0. The third kappa shape index (κ3) is 2.65. The van der Waals surface area contributed by atoms with Crippen LogP contribution < -0.4 is 4.74 Å². The number of hydrogen-bond acceptors (Lipinski definition) is 3. The molecule has 5 nitrogen and oxygen atoms in total. The maximum Gasteiger partial charge on any atom is 0.339 e. The van der Waals surface area contributed by atoms with E-state index < -0.39 is 11.8 Å². The molecule has 0 aliphatic heterocycles. The molecule has 0 fully saturated rings. The fourth-order valence-corrected chi connectivity index (χ4v) is 1.48. The summed E-state index contributed by atoms with van der Waals surface area (Å²) in [6.45, 7) is 0.0879. The SMILES string of the molecule is Cn1ccc(COc2cc(F)ccc2C(=O)O)n1. The average Bonchev–Trinajstić information content (AvgIpc) is 2.72. The summed E-state index contributed by atoms with van der Waals surface area (Å²) in [6.07, 6.45) is 1.74. The molecule has 0 saturated heterocycles. The summed E-state index contributed by atoms with van der Waals surface area (Å²) in [7, 11) is 1.76. The van der Waals surface area contributed by atoms with Gasteiger partial charge in [-0.2, -0.15) is 5.10 Å². The number of aromatic carboxylic acids is 1. The lowest BCUT2D eigenvalue weighted by atomic mass is 10.2. The van der Waals surface area contributed by atoms with E-state index in [9.17, 15) is 9.18 Å². The lowest BCUT2D eigenvalue weighted by molar-refractivity contribution is 0.0691. The van der Waals surface area contributed by atoms with Crippen LogP contribution >= 0.6 is 0 Å². The van der Waals surface area contributed by atoms with Crippen LogP contribution in [0.15, 0.2) is 30.5 Å². The summed E-state index contributed by atoms with van der Waals surface area (Å²) < 4.78 is 19.9. The molecule has 6 heteroatoms. The van der Waals surface area contributed by atoms with Crippen LogP contribution in [0, 0.1) is 5.82 Å². The molecule has 94 valence electrons. The van der Waals surface area contributed by atoms with Crippen LogP contribution in [0.25, 0.3) is 0 Å². The zero-order chi connectivity index (χ0) is 13.1. The van der Waals surface area contributed by atoms with E-state index in [1.54, 1.807) is 24.0 Å². The zero-order valence-electron chi connectivity index (χ0n) is 9.63. The van der Waals surface area contributed by atoms with Crippen molar-refractivity contribution in [1.82, 2.24) is 9.78 Å². The van der Waals surface area contributed by atoms with E-state index in [4.69, 9.17) is 9.84 Å². The van der Waals surface area contributed by atoms with Gasteiger partial charge in [0, 0.05) is 19.3 Å². The molecule has 0 radical (unpaired) electrons. The van der Waals surface area contributed by atoms with Crippen molar-refractivity contribution < 1.29 is 19.0 Å². The Balaban J connectivity index is 2.17. The second-order valence-electron chi connectivity index (χ2n) is 3.72. The van der Waals surface area contributed by atoms with Gasteiger partial charge >= 0.3 is 5.97 Å². The third-order valence-electron chi connectivity index (χ3n) is 2.32. The quantitative estimate of drug-likeness (QED) is 0.899. The molecule has 0 aliphatic rings. The number of aromatic nitrogens is 2. The fraction of sp³-hybridized carbons (Fsp3) is 0.167. The van der Waals surface area contributed by atoms with Gasteiger partial charge in [-0.3, -0.25) is 4.68 Å². The molecule has 18 heavy (non-hydrogen) atoms. The minimum Gasteiger partial charge on any atom is -0.486 e. The van der Waals surface area contributed by atoms with E-state index in [0.717, 1.165) is 12.1 Å². The Morgan fingerprint density at radius 3 is 2.89 bits per heavy atom. The number of aryl methyl sites for hydroxylation is 1. The lowest BCUT2D eigenvalue weighted by Crippen LogP contribution is -2.04. The van der Waals surface area contributed by atoms with E-state index >= 15 is 0 Å². The second-order valence-corrected chi connectivity index (χ2v) is 3.72. The van der Waals surface area contributed by atoms with E-state index in [1.165, 1.54) is 6.07 Å². The Morgan fingerprint density at radius 2 is 2.28 bits per heavy atom. The molecule has 2 rings (SSSR count). The van der Waals surface area contributed by atoms with E-state index in [1.807, 2.05) is 0 Å². The highest BCUT2D eigenvalue weighted by atomic mass is 19.1. The number of benzene rings is 1. The normalized spacial score (nSPS) is 10.3. The summed E-state index contributed by atoms with van der Waals surface area (Å²) in [5.41, 5.74) is 0.561. The Hall–Kier alpha value is -2.37. The number of hydrogen-bond donors (Lipinski definition) is 1. The van der Waals surface area contributed by atoms with Crippen molar-refractivity contribution >= 4 is 5.97 Å². The Kier molecular flexibility index (Phi) is 3.27. The number of carbonyl (C=O) groups is 1. The lowest BCUT2D eigenvalue weighted by Gasteiger charge is -2.07. The molecule has 0 aliphatic carbocycles. The molecule has 1 aromatic carbocycles. The van der Waals surface area contributed by atoms with Crippen molar-refractivity contribution in [2.24, 2.45) is 7.05 Å². The highest BCUT2D eigenvalue weighted by molar-refractivity contribution is 5.90. The van der Waals surface area contributed by atoms with E-state index in [0.29, 0.717) is 5.69 Å². The van der Waals surface area contributed by atoms with Crippen LogP contribution in [-0.2, 0) is 13.7 Å². The van der Waals surface area contributed by atoms with Gasteiger partial charge in [0.15, 0.2) is 0 Å². The van der Waals surface area contributed by atoms with Crippen LogP contribution in [0.5, 0.6) is 5.75 Å². The van der Waals surface area contributed by atoms with Crippen molar-refractivity contribution in [2.45, 2.75) is 6.61 Å². The number of ether oxygens (including phenoxy) is 1. The molecular formula is C12H11FN2O3. The van der Waals surface area contributed by atoms with Gasteiger partial charge in [0.2, 0.25) is 0 Å². The van der Waals surface area contributed by atoms with Crippen molar-refractivity contribution in [3.05, 3.63) is 47.5 Å². The second kappa shape index (κ2) is 4.87. The molecule has 1 heterocycles. The molecule has 1 aromatic heterocycles. The van der Waals surface area contributed by atoms with Gasteiger partial charge in [0.05, 0.1) is 5.69 Å². The van der Waals surface area contributed by atoms with Gasteiger partial charge in [-0.25, -0.2) is 9.18 Å². The standard InChI is InChI=1S/C12H11FN2O3/c1-15-5-4-9(14-15)7-18-11-6-8(13)2-3-10(11)12(16)17/h2-6H,7H2,1H3,(H,16,17). The van der Waals surface area contributed by atoms with Gasteiger partial charge < -0.3 is 9.84 Å². The van der Waals surface area contributed by atoms with Gasteiger partial charge in [0.25, 0.3) is 0 Å². The summed E-state index contributed by atoms with van der Waals surface area (Å²) in [6, 6.07) is 5.04. The largest absolute Gasteiger partial charge is 0.486 e. The van der Waals surface area contributed by atoms with Crippen LogP contribution in [0.4, 0.5) is 4.39 Å². The van der Waals surface area contributed by atoms with Crippen LogP contribution in [0.2, 0.25) is 0 Å². The zero-order valence-corrected chi connectivity index (χ0v) is 9.63. The molecule has 0 saturated carbocycles. The fourth-order valence-electron chi connectivity index (χ4n) is 1.48. The van der Waals surface area contributed by atoms with Crippen LogP contribution in [-0.4, -0.2) is 20.9 Å². The first-order valence-electron chi connectivity index (χ1n) is 5.20. The molecule has 1 N–H and O–H groups in total. The van der Waals surface area contributed by atoms with Crippen LogP contribution in [0.3, 0.4) is 0 Å². The minimum absolute atomic E-state index is 0.00634. The predicted octanol–water partition coefficient (Wildman–Crippen LogP) is 1.84. The topological polar surface area (TPSA) is 64.3 Å². The third-order valence-corrected chi connectivity index (χ3v) is 2.32. The molecule has 0 atom stereocenters. The summed E-state index contributed by atoms with van der Waals surface area (Å²) in [4.78, 5) is 10.9. The van der Waals surface area contributed by atoms with Gasteiger partial charge in [-0.05, 0) is 18.2 Å². The summed E-state index contributed by atoms with van der Waals surface area (Å²) >= 11 is 0. The van der Waals surface area contributed by atoms with Gasteiger partial charge in [0.1, 0.15) is 23.7 Å². The van der Waals surface area contributed by atoms with Gasteiger partial charge in [-0.1, -0.05) is 0 Å². The van der Waals surface area contributed by atoms with E-state index in [2.05, 4.69) is 5.10 Å². The van der Waals surface area contributed by atoms with Crippen molar-refractivity contribution in [3.63, 3.8) is 0 Å². The maximum atomic E-state index is 13.0. The molecule has 0 spiro atoms. The van der Waals surface area contributed by atoms with Crippen molar-refractivity contribution in [2.75, 3.05) is 0 Å². The van der Waals surface area contributed by atoms with Crippen molar-refractivity contribution in [3.8, 4) is 5.75 Å². The first-order chi connectivity index (χ1) is 8.56. The molecule has 0 bridgehead atoms. The predicted molar refractivity (Wildman–Crippen MR) is 60.9 cm³/mol. The first-order valence-corrected chi connectivity index (χ1v) is 5.20. The average molecular weight is 250 g/mol. The number of rotatable bonds is 4. The molecule has 0 unspecified atom stereocenters. The Labute approximate surface area is 102 Å². The first kappa shape index (κ1) is 12.1. The summed E-state index contributed by atoms with van der Waals surface area (Å²) in [5, 5.41) is 13.0. The number of carboxylic acid groups (broad SMARTS) is 1. The highest BCUT2D eigenvalue weighted by Gasteiger charge is 2.12. The number of halogens is 1. The van der Waals surface area contributed by atoms with Crippen molar-refractivity contribution in [1.29, 1.82) is 0 Å². The van der Waals surface area contributed by atoms with E-state index in [-0.39, 0.29) is 17.9 Å². The number of nitrogens with zero attached hydrogens (tertiary/aromatic N) is 2. The highest BCUT2D eigenvalue weighted by Crippen LogP contribution is 2.21. The smallest absolute Gasteiger partial charge is 0.339 e. The van der Waals surface area contributed by atoms with Crippen LogP contribution in [0.1, 0.15) is 16.1 Å². The van der Waals surface area contributed by atoms with Gasteiger partial charge in [-0.15, -0.1) is 0 Å². The monoisotopic (exact) mass is 250 g/mol. The minimum atomic E-state index is -1.16. The number of carboxylic acids is 1. The Bertz CT molecular complexity index is 580. The molecule has 0 amide bonds.